The number of carbonyl (C=O) groups is 2. The van der Waals surface area contributed by atoms with Crippen molar-refractivity contribution in [2.75, 3.05) is 13.1 Å². The predicted molar refractivity (Wildman–Crippen MR) is 55.5 cm³/mol. The molecule has 3 N–H and O–H groups in total. The van der Waals surface area contributed by atoms with Crippen molar-refractivity contribution in [3.8, 4) is 0 Å². The number of amides is 1. The molecule has 0 aliphatic heterocycles. The minimum Gasteiger partial charge on any atom is -0.480 e. The predicted octanol–water partition coefficient (Wildman–Crippen LogP) is -0.0346. The lowest BCUT2D eigenvalue weighted by Crippen LogP contribution is -2.50. The van der Waals surface area contributed by atoms with Gasteiger partial charge in [0.05, 0.1) is 6.54 Å². The van der Waals surface area contributed by atoms with Gasteiger partial charge in [0.2, 0.25) is 5.91 Å². The number of carboxylic acid groups (broad SMARTS) is 1. The van der Waals surface area contributed by atoms with Crippen molar-refractivity contribution >= 4 is 11.9 Å². The van der Waals surface area contributed by atoms with Crippen LogP contribution in [-0.2, 0) is 9.59 Å². The number of nitrogens with one attached hydrogen (secondary N) is 2. The monoisotopic (exact) mass is 214 g/mol. The Bertz CT molecular complexity index is 259. The van der Waals surface area contributed by atoms with E-state index in [-0.39, 0.29) is 12.5 Å². The first kappa shape index (κ1) is 12.0. The molecule has 1 rings (SSSR count). The van der Waals surface area contributed by atoms with Crippen LogP contribution in [0.5, 0.6) is 0 Å². The number of rotatable bonds is 6. The van der Waals surface area contributed by atoms with Crippen molar-refractivity contribution in [1.82, 2.24) is 10.6 Å². The minimum atomic E-state index is -1.06. The first-order valence-corrected chi connectivity index (χ1v) is 5.17. The quantitative estimate of drug-likeness (QED) is 0.580. The fourth-order valence-electron chi connectivity index (χ4n) is 1.02. The Morgan fingerprint density at radius 2 is 2.00 bits per heavy atom. The summed E-state index contributed by atoms with van der Waals surface area (Å²) in [6.07, 6.45) is 2.38. The summed E-state index contributed by atoms with van der Waals surface area (Å²) >= 11 is 0. The van der Waals surface area contributed by atoms with Gasteiger partial charge in [-0.3, -0.25) is 14.9 Å². The highest BCUT2D eigenvalue weighted by Crippen LogP contribution is 2.27. The van der Waals surface area contributed by atoms with E-state index >= 15 is 0 Å². The number of hydrogen-bond donors (Lipinski definition) is 3. The van der Waals surface area contributed by atoms with E-state index in [4.69, 9.17) is 5.11 Å². The molecule has 0 spiro atoms. The van der Waals surface area contributed by atoms with Crippen molar-refractivity contribution in [3.05, 3.63) is 0 Å². The summed E-state index contributed by atoms with van der Waals surface area (Å²) in [5, 5.41) is 14.2. The van der Waals surface area contributed by atoms with Crippen molar-refractivity contribution < 1.29 is 14.7 Å². The zero-order chi connectivity index (χ0) is 11.5. The number of aliphatic carboxylic acids is 1. The zero-order valence-electron chi connectivity index (χ0n) is 9.17. The van der Waals surface area contributed by atoms with E-state index in [9.17, 15) is 9.59 Å². The number of carbonyl (C=O) groups excluding carboxylic acids is 1. The van der Waals surface area contributed by atoms with Crippen molar-refractivity contribution in [3.63, 3.8) is 0 Å². The summed E-state index contributed by atoms with van der Waals surface area (Å²) in [4.78, 5) is 22.0. The van der Waals surface area contributed by atoms with Crippen LogP contribution < -0.4 is 10.6 Å². The van der Waals surface area contributed by atoms with Gasteiger partial charge in [-0.05, 0) is 32.6 Å². The summed E-state index contributed by atoms with van der Waals surface area (Å²) in [6, 6.07) is 0. The van der Waals surface area contributed by atoms with Gasteiger partial charge in [0.1, 0.15) is 5.54 Å². The fourth-order valence-corrected chi connectivity index (χ4v) is 1.02. The van der Waals surface area contributed by atoms with E-state index in [1.54, 1.807) is 0 Å². The molecule has 1 fully saturated rings. The SMILES string of the molecule is CC(C)(NCC(=O)NCC1CC1)C(=O)O. The van der Waals surface area contributed by atoms with E-state index in [2.05, 4.69) is 10.6 Å². The van der Waals surface area contributed by atoms with Gasteiger partial charge < -0.3 is 10.4 Å². The lowest BCUT2D eigenvalue weighted by atomic mass is 10.1. The highest BCUT2D eigenvalue weighted by Gasteiger charge is 2.27. The topological polar surface area (TPSA) is 78.4 Å². The molecule has 1 aliphatic rings. The van der Waals surface area contributed by atoms with Crippen molar-refractivity contribution in [1.29, 1.82) is 0 Å². The molecular weight excluding hydrogens is 196 g/mol. The lowest BCUT2D eigenvalue weighted by molar-refractivity contribution is -0.143. The van der Waals surface area contributed by atoms with E-state index < -0.39 is 11.5 Å². The highest BCUT2D eigenvalue weighted by atomic mass is 16.4. The third-order valence-electron chi connectivity index (χ3n) is 2.51. The standard InChI is InChI=1S/C10H18N2O3/c1-10(2,9(14)15)12-6-8(13)11-5-7-3-4-7/h7,12H,3-6H2,1-2H3,(H,11,13)(H,14,15). The Balaban J connectivity index is 2.17. The molecule has 0 heterocycles. The van der Waals surface area contributed by atoms with E-state index in [0.29, 0.717) is 12.5 Å². The number of carboxylic acids is 1. The van der Waals surface area contributed by atoms with E-state index in [0.717, 1.165) is 0 Å². The average Bonchev–Trinajstić information content (AvgIpc) is 2.94. The molecule has 0 unspecified atom stereocenters. The Morgan fingerprint density at radius 3 is 2.47 bits per heavy atom. The second-order valence-electron chi connectivity index (χ2n) is 4.53. The van der Waals surface area contributed by atoms with Crippen LogP contribution in [0.25, 0.3) is 0 Å². The summed E-state index contributed by atoms with van der Waals surface area (Å²) in [6.45, 7) is 3.83. The molecule has 86 valence electrons. The van der Waals surface area contributed by atoms with Crippen LogP contribution in [-0.4, -0.2) is 35.6 Å². The smallest absolute Gasteiger partial charge is 0.323 e. The summed E-state index contributed by atoms with van der Waals surface area (Å²) in [7, 11) is 0. The Kier molecular flexibility index (Phi) is 3.68. The molecule has 0 aromatic heterocycles. The maximum absolute atomic E-state index is 11.3. The molecule has 0 saturated heterocycles. The molecule has 5 nitrogen and oxygen atoms in total. The van der Waals surface area contributed by atoms with Crippen LogP contribution in [0.4, 0.5) is 0 Å². The summed E-state index contributed by atoms with van der Waals surface area (Å²) in [5.74, 6) is -0.463. The van der Waals surface area contributed by atoms with Gasteiger partial charge in [0.15, 0.2) is 0 Å². The first-order chi connectivity index (χ1) is 6.92. The van der Waals surface area contributed by atoms with Gasteiger partial charge in [-0.2, -0.15) is 0 Å². The molecule has 0 atom stereocenters. The molecule has 0 aromatic rings. The van der Waals surface area contributed by atoms with Gasteiger partial charge in [-0.15, -0.1) is 0 Å². The molecular formula is C10H18N2O3. The first-order valence-electron chi connectivity index (χ1n) is 5.17. The van der Waals surface area contributed by atoms with Gasteiger partial charge in [0, 0.05) is 6.54 Å². The van der Waals surface area contributed by atoms with Crippen LogP contribution in [0.3, 0.4) is 0 Å². The van der Waals surface area contributed by atoms with Crippen LogP contribution in [0.15, 0.2) is 0 Å². The maximum Gasteiger partial charge on any atom is 0.323 e. The second-order valence-corrected chi connectivity index (χ2v) is 4.53. The Labute approximate surface area is 89.2 Å². The van der Waals surface area contributed by atoms with Crippen LogP contribution in [0.1, 0.15) is 26.7 Å². The highest BCUT2D eigenvalue weighted by molar-refractivity contribution is 5.81. The van der Waals surface area contributed by atoms with E-state index in [1.807, 2.05) is 0 Å². The lowest BCUT2D eigenvalue weighted by Gasteiger charge is -2.20. The van der Waals surface area contributed by atoms with Crippen LogP contribution >= 0.6 is 0 Å². The molecule has 1 saturated carbocycles. The molecule has 1 amide bonds. The van der Waals surface area contributed by atoms with Crippen molar-refractivity contribution in [2.45, 2.75) is 32.2 Å². The Morgan fingerprint density at radius 1 is 1.40 bits per heavy atom. The van der Waals surface area contributed by atoms with Crippen molar-refractivity contribution in [2.24, 2.45) is 5.92 Å². The third-order valence-corrected chi connectivity index (χ3v) is 2.51. The maximum atomic E-state index is 11.3. The van der Waals surface area contributed by atoms with Gasteiger partial charge in [0.25, 0.3) is 0 Å². The molecule has 15 heavy (non-hydrogen) atoms. The third kappa shape index (κ3) is 4.29. The minimum absolute atomic E-state index is 0.0476. The molecule has 0 bridgehead atoms. The largest absolute Gasteiger partial charge is 0.480 e. The summed E-state index contributed by atoms with van der Waals surface area (Å²) in [5.41, 5.74) is -1.06. The average molecular weight is 214 g/mol. The van der Waals surface area contributed by atoms with Crippen LogP contribution in [0.2, 0.25) is 0 Å². The fraction of sp³-hybridized carbons (Fsp3) is 0.800. The molecule has 5 heteroatoms. The van der Waals surface area contributed by atoms with Gasteiger partial charge >= 0.3 is 5.97 Å². The number of hydrogen-bond acceptors (Lipinski definition) is 3. The van der Waals surface area contributed by atoms with Crippen LogP contribution in [0, 0.1) is 5.92 Å². The normalized spacial score (nSPS) is 16.1. The van der Waals surface area contributed by atoms with E-state index in [1.165, 1.54) is 26.7 Å². The molecule has 0 aromatic carbocycles. The van der Waals surface area contributed by atoms with Gasteiger partial charge in [-0.1, -0.05) is 0 Å². The second kappa shape index (κ2) is 4.61. The zero-order valence-corrected chi connectivity index (χ0v) is 9.17. The Hall–Kier alpha value is -1.10. The molecule has 0 radical (unpaired) electrons. The summed E-state index contributed by atoms with van der Waals surface area (Å²) < 4.78 is 0. The molecule has 1 aliphatic carbocycles. The van der Waals surface area contributed by atoms with Gasteiger partial charge in [-0.25, -0.2) is 0 Å².